The van der Waals surface area contributed by atoms with Gasteiger partial charge in [-0.2, -0.15) is 0 Å². The summed E-state index contributed by atoms with van der Waals surface area (Å²) in [5, 5.41) is 2.87. The molecule has 0 aliphatic rings. The van der Waals surface area contributed by atoms with Crippen LogP contribution in [0.4, 0.5) is 0 Å². The monoisotopic (exact) mass is 276 g/mol. The van der Waals surface area contributed by atoms with Gasteiger partial charge in [0.05, 0.1) is 5.56 Å². The third kappa shape index (κ3) is 4.46. The Morgan fingerprint density at radius 1 is 1.20 bits per heavy atom. The molecule has 1 amide bonds. The molecule has 1 aromatic carbocycles. The van der Waals surface area contributed by atoms with E-state index in [-0.39, 0.29) is 17.6 Å². The van der Waals surface area contributed by atoms with E-state index in [0.717, 1.165) is 13.1 Å². The van der Waals surface area contributed by atoms with E-state index in [4.69, 9.17) is 0 Å². The highest BCUT2D eigenvalue weighted by molar-refractivity contribution is 6.08. The van der Waals surface area contributed by atoms with Crippen LogP contribution in [-0.4, -0.2) is 43.3 Å². The van der Waals surface area contributed by atoms with Crippen LogP contribution in [0.15, 0.2) is 24.3 Å². The first-order valence-electron chi connectivity index (χ1n) is 7.07. The van der Waals surface area contributed by atoms with Crippen molar-refractivity contribution in [3.05, 3.63) is 35.4 Å². The summed E-state index contributed by atoms with van der Waals surface area (Å²) in [7, 11) is 2.00. The summed E-state index contributed by atoms with van der Waals surface area (Å²) in [6, 6.07) is 6.99. The van der Waals surface area contributed by atoms with Crippen molar-refractivity contribution in [2.45, 2.75) is 20.8 Å². The van der Waals surface area contributed by atoms with E-state index < -0.39 is 0 Å². The molecule has 20 heavy (non-hydrogen) atoms. The fourth-order valence-electron chi connectivity index (χ4n) is 1.82. The van der Waals surface area contributed by atoms with E-state index in [0.29, 0.717) is 17.7 Å². The zero-order valence-electron chi connectivity index (χ0n) is 12.8. The molecule has 0 aromatic heterocycles. The minimum absolute atomic E-state index is 0.00132. The number of hydrogen-bond donors (Lipinski definition) is 1. The summed E-state index contributed by atoms with van der Waals surface area (Å²) in [6.07, 6.45) is 0. The smallest absolute Gasteiger partial charge is 0.252 e. The molecule has 0 heterocycles. The van der Waals surface area contributed by atoms with Crippen molar-refractivity contribution in [1.29, 1.82) is 0 Å². The normalized spacial score (nSPS) is 10.9. The van der Waals surface area contributed by atoms with Gasteiger partial charge in [0.1, 0.15) is 0 Å². The van der Waals surface area contributed by atoms with Crippen LogP contribution in [0.2, 0.25) is 0 Å². The standard InChI is InChI=1S/C16H24N2O2/c1-5-18(4)11-10-17-16(20)14-9-7-6-8-13(14)15(19)12(2)3/h6-9,12H,5,10-11H2,1-4H3,(H,17,20). The summed E-state index contributed by atoms with van der Waals surface area (Å²) >= 11 is 0. The highest BCUT2D eigenvalue weighted by Gasteiger charge is 2.18. The molecule has 0 fully saturated rings. The molecule has 0 aliphatic carbocycles. The number of benzene rings is 1. The second-order valence-corrected chi connectivity index (χ2v) is 5.22. The van der Waals surface area contributed by atoms with Gasteiger partial charge >= 0.3 is 0 Å². The molecule has 1 N–H and O–H groups in total. The Morgan fingerprint density at radius 3 is 2.35 bits per heavy atom. The summed E-state index contributed by atoms with van der Waals surface area (Å²) in [5.41, 5.74) is 0.967. The number of ketones is 1. The van der Waals surface area contributed by atoms with Crippen molar-refractivity contribution in [1.82, 2.24) is 10.2 Å². The highest BCUT2D eigenvalue weighted by atomic mass is 16.2. The van der Waals surface area contributed by atoms with E-state index in [1.54, 1.807) is 24.3 Å². The van der Waals surface area contributed by atoms with Gasteiger partial charge in [-0.1, -0.05) is 39.0 Å². The average molecular weight is 276 g/mol. The second-order valence-electron chi connectivity index (χ2n) is 5.22. The van der Waals surface area contributed by atoms with Crippen LogP contribution in [0.1, 0.15) is 41.5 Å². The maximum absolute atomic E-state index is 12.2. The van der Waals surface area contributed by atoms with Crippen LogP contribution in [0.5, 0.6) is 0 Å². The Balaban J connectivity index is 2.75. The van der Waals surface area contributed by atoms with Crippen molar-refractivity contribution < 1.29 is 9.59 Å². The highest BCUT2D eigenvalue weighted by Crippen LogP contribution is 2.14. The van der Waals surface area contributed by atoms with Crippen molar-refractivity contribution in [3.8, 4) is 0 Å². The van der Waals surface area contributed by atoms with Gasteiger partial charge in [-0.05, 0) is 19.7 Å². The van der Waals surface area contributed by atoms with E-state index in [1.807, 2.05) is 20.9 Å². The van der Waals surface area contributed by atoms with Gasteiger partial charge in [-0.25, -0.2) is 0 Å². The Labute approximate surface area is 121 Å². The van der Waals surface area contributed by atoms with E-state index in [2.05, 4.69) is 17.1 Å². The second kappa shape index (κ2) is 7.80. The summed E-state index contributed by atoms with van der Waals surface area (Å²) in [4.78, 5) is 26.4. The van der Waals surface area contributed by atoms with E-state index >= 15 is 0 Å². The van der Waals surface area contributed by atoms with Crippen molar-refractivity contribution in [3.63, 3.8) is 0 Å². The van der Waals surface area contributed by atoms with Crippen LogP contribution in [0, 0.1) is 5.92 Å². The molecular weight excluding hydrogens is 252 g/mol. The minimum atomic E-state index is -0.181. The fourth-order valence-corrected chi connectivity index (χ4v) is 1.82. The molecule has 0 radical (unpaired) electrons. The van der Waals surface area contributed by atoms with Crippen molar-refractivity contribution in [2.24, 2.45) is 5.92 Å². The number of rotatable bonds is 7. The molecule has 4 heteroatoms. The first-order valence-corrected chi connectivity index (χ1v) is 7.07. The van der Waals surface area contributed by atoms with Crippen LogP contribution >= 0.6 is 0 Å². The van der Waals surface area contributed by atoms with Gasteiger partial charge in [0, 0.05) is 24.6 Å². The molecule has 0 unspecified atom stereocenters. The summed E-state index contributed by atoms with van der Waals surface area (Å²) < 4.78 is 0. The number of nitrogens with zero attached hydrogens (tertiary/aromatic N) is 1. The lowest BCUT2D eigenvalue weighted by molar-refractivity contribution is 0.0910. The molecule has 0 saturated heterocycles. The molecular formula is C16H24N2O2. The van der Waals surface area contributed by atoms with Crippen molar-refractivity contribution in [2.75, 3.05) is 26.7 Å². The fraction of sp³-hybridized carbons (Fsp3) is 0.500. The predicted molar refractivity (Wildman–Crippen MR) is 81.1 cm³/mol. The lowest BCUT2D eigenvalue weighted by Crippen LogP contribution is -2.33. The van der Waals surface area contributed by atoms with Crippen molar-refractivity contribution >= 4 is 11.7 Å². The lowest BCUT2D eigenvalue weighted by atomic mass is 9.96. The number of amides is 1. The topological polar surface area (TPSA) is 49.4 Å². The first-order chi connectivity index (χ1) is 9.47. The largest absolute Gasteiger partial charge is 0.351 e. The maximum Gasteiger partial charge on any atom is 0.252 e. The lowest BCUT2D eigenvalue weighted by Gasteiger charge is -2.15. The summed E-state index contributed by atoms with van der Waals surface area (Å²) in [5.74, 6) is -0.296. The van der Waals surface area contributed by atoms with Gasteiger partial charge in [0.2, 0.25) is 0 Å². The number of Topliss-reactive ketones (excluding diaryl/α,β-unsaturated/α-hetero) is 1. The molecule has 110 valence electrons. The van der Waals surface area contributed by atoms with Crippen LogP contribution < -0.4 is 5.32 Å². The van der Waals surface area contributed by atoms with Crippen LogP contribution in [-0.2, 0) is 0 Å². The van der Waals surface area contributed by atoms with Gasteiger partial charge in [0.25, 0.3) is 5.91 Å². The maximum atomic E-state index is 12.2. The minimum Gasteiger partial charge on any atom is -0.351 e. The molecule has 4 nitrogen and oxygen atoms in total. The van der Waals surface area contributed by atoms with Gasteiger partial charge < -0.3 is 10.2 Å². The SMILES string of the molecule is CCN(C)CCNC(=O)c1ccccc1C(=O)C(C)C. The van der Waals surface area contributed by atoms with E-state index in [1.165, 1.54) is 0 Å². The molecule has 0 spiro atoms. The van der Waals surface area contributed by atoms with Gasteiger partial charge in [0.15, 0.2) is 5.78 Å². The number of carbonyl (C=O) groups excluding carboxylic acids is 2. The average Bonchev–Trinajstić information content (AvgIpc) is 2.45. The Morgan fingerprint density at radius 2 is 1.80 bits per heavy atom. The molecule has 0 atom stereocenters. The third-order valence-corrected chi connectivity index (χ3v) is 3.28. The molecule has 0 aliphatic heterocycles. The summed E-state index contributed by atoms with van der Waals surface area (Å²) in [6.45, 7) is 8.06. The van der Waals surface area contributed by atoms with Crippen LogP contribution in [0.3, 0.4) is 0 Å². The van der Waals surface area contributed by atoms with Gasteiger partial charge in [-0.3, -0.25) is 9.59 Å². The zero-order valence-corrected chi connectivity index (χ0v) is 12.8. The first kappa shape index (κ1) is 16.4. The van der Waals surface area contributed by atoms with Crippen LogP contribution in [0.25, 0.3) is 0 Å². The zero-order chi connectivity index (χ0) is 15.1. The quantitative estimate of drug-likeness (QED) is 0.777. The number of hydrogen-bond acceptors (Lipinski definition) is 3. The van der Waals surface area contributed by atoms with Gasteiger partial charge in [-0.15, -0.1) is 0 Å². The molecule has 0 bridgehead atoms. The number of nitrogens with one attached hydrogen (secondary N) is 1. The predicted octanol–water partition coefficient (Wildman–Crippen LogP) is 2.21. The Bertz CT molecular complexity index is 469. The molecule has 1 rings (SSSR count). The molecule has 1 aromatic rings. The third-order valence-electron chi connectivity index (χ3n) is 3.28. The molecule has 0 saturated carbocycles. The van der Waals surface area contributed by atoms with E-state index in [9.17, 15) is 9.59 Å². The Kier molecular flexibility index (Phi) is 6.39. The Hall–Kier alpha value is -1.68. The number of likely N-dealkylation sites (N-methyl/N-ethyl adjacent to an activating group) is 1. The number of carbonyl (C=O) groups is 2.